The van der Waals surface area contributed by atoms with Crippen molar-refractivity contribution in [2.24, 2.45) is 17.3 Å². The molecule has 0 saturated heterocycles. The molecule has 0 aliphatic heterocycles. The second-order valence-corrected chi connectivity index (χ2v) is 7.07. The number of allylic oxidation sites excluding steroid dienone is 2. The summed E-state index contributed by atoms with van der Waals surface area (Å²) in [6.45, 7) is 6.70. The molecule has 126 valence electrons. The fraction of sp³-hybridized carbons (Fsp3) is 0.471. The van der Waals surface area contributed by atoms with Gasteiger partial charge in [0.25, 0.3) is 0 Å². The molecular weight excluding hydrogens is 345 g/mol. The monoisotopic (exact) mass is 362 g/mol. The second kappa shape index (κ2) is 6.40. The molecule has 1 aliphatic rings. The van der Waals surface area contributed by atoms with Crippen LogP contribution in [0, 0.1) is 35.8 Å². The van der Waals surface area contributed by atoms with Gasteiger partial charge in [-0.15, -0.1) is 0 Å². The Morgan fingerprint density at radius 1 is 1.26 bits per heavy atom. The van der Waals surface area contributed by atoms with Crippen molar-refractivity contribution in [3.8, 4) is 0 Å². The zero-order valence-corrected chi connectivity index (χ0v) is 14.9. The number of hydrogen-bond donors (Lipinski definition) is 0. The van der Waals surface area contributed by atoms with E-state index in [9.17, 15) is 13.6 Å². The van der Waals surface area contributed by atoms with E-state index in [1.54, 1.807) is 0 Å². The van der Waals surface area contributed by atoms with Crippen LogP contribution in [-0.2, 0) is 16.1 Å². The lowest BCUT2D eigenvalue weighted by Crippen LogP contribution is -2.12. The number of rotatable bonds is 4. The molecule has 1 saturated carbocycles. The lowest BCUT2D eigenvalue weighted by molar-refractivity contribution is -0.147. The second-order valence-electron chi connectivity index (χ2n) is 6.32. The number of esters is 1. The van der Waals surface area contributed by atoms with Gasteiger partial charge in [-0.2, -0.15) is 0 Å². The molecule has 2 rings (SSSR count). The highest BCUT2D eigenvalue weighted by Crippen LogP contribution is 2.59. The number of carbonyl (C=O) groups is 1. The molecule has 0 N–H and O–H groups in total. The summed E-state index contributed by atoms with van der Waals surface area (Å²) < 4.78 is 32.9. The van der Waals surface area contributed by atoms with E-state index in [0.29, 0.717) is 0 Å². The predicted octanol–water partition coefficient (Wildman–Crippen LogP) is 5.47. The lowest BCUT2D eigenvalue weighted by atomic mass is 10.1. The number of halogens is 4. The van der Waals surface area contributed by atoms with Gasteiger partial charge in [-0.25, -0.2) is 8.78 Å². The number of hydrogen-bond acceptors (Lipinski definition) is 2. The first-order chi connectivity index (χ1) is 10.6. The Balaban J connectivity index is 2.15. The van der Waals surface area contributed by atoms with Gasteiger partial charge in [-0.3, -0.25) is 4.79 Å². The summed E-state index contributed by atoms with van der Waals surface area (Å²) in [6.07, 6.45) is 3.84. The maximum Gasteiger partial charge on any atom is 0.310 e. The van der Waals surface area contributed by atoms with Crippen molar-refractivity contribution in [1.29, 1.82) is 0 Å². The third kappa shape index (κ3) is 3.11. The highest BCUT2D eigenvalue weighted by Gasteiger charge is 2.61. The maximum atomic E-state index is 13.8. The van der Waals surface area contributed by atoms with Gasteiger partial charge in [0.1, 0.15) is 18.2 Å². The van der Waals surface area contributed by atoms with Crippen LogP contribution in [0.5, 0.6) is 0 Å². The Morgan fingerprint density at radius 2 is 1.78 bits per heavy atom. The average Bonchev–Trinajstić information content (AvgIpc) is 3.04. The molecule has 1 aliphatic carbocycles. The first-order valence-electron chi connectivity index (χ1n) is 7.25. The zero-order valence-electron chi connectivity index (χ0n) is 13.3. The highest BCUT2D eigenvalue weighted by atomic mass is 35.5. The molecule has 6 heteroatoms. The minimum Gasteiger partial charge on any atom is -0.460 e. The van der Waals surface area contributed by atoms with Gasteiger partial charge in [-0.1, -0.05) is 49.2 Å². The van der Waals surface area contributed by atoms with E-state index in [4.69, 9.17) is 27.9 Å². The highest BCUT2D eigenvalue weighted by molar-refractivity contribution is 6.36. The first-order valence-corrected chi connectivity index (χ1v) is 8.01. The average molecular weight is 363 g/mol. The van der Waals surface area contributed by atoms with E-state index in [1.807, 2.05) is 32.9 Å². The van der Waals surface area contributed by atoms with E-state index in [1.165, 1.54) is 6.92 Å². The van der Waals surface area contributed by atoms with Gasteiger partial charge >= 0.3 is 5.97 Å². The van der Waals surface area contributed by atoms with Crippen molar-refractivity contribution in [3.05, 3.63) is 45.0 Å². The van der Waals surface area contributed by atoms with Crippen LogP contribution in [0.2, 0.25) is 10.0 Å². The molecule has 0 radical (unpaired) electrons. The summed E-state index contributed by atoms with van der Waals surface area (Å²) in [7, 11) is 0. The third-order valence-corrected chi connectivity index (χ3v) is 5.29. The van der Waals surface area contributed by atoms with E-state index < -0.39 is 17.6 Å². The van der Waals surface area contributed by atoms with Crippen molar-refractivity contribution in [1.82, 2.24) is 0 Å². The van der Waals surface area contributed by atoms with E-state index in [2.05, 4.69) is 0 Å². The standard InChI is InChI=1S/C17H18Cl2F2O2/c1-5-6-10-11(17(10,3)4)16(22)23-7-9-12(18)14(20)8(2)15(21)13(9)19/h5-6,10-11H,7H2,1-4H3/t10-,11+/m1/s1. The Labute approximate surface area is 144 Å². The number of ether oxygens (including phenoxy) is 1. The van der Waals surface area contributed by atoms with Crippen LogP contribution in [-0.4, -0.2) is 5.97 Å². The van der Waals surface area contributed by atoms with Gasteiger partial charge in [0, 0.05) is 11.1 Å². The summed E-state index contributed by atoms with van der Waals surface area (Å²) in [5.74, 6) is -2.39. The predicted molar refractivity (Wildman–Crippen MR) is 86.5 cm³/mol. The SMILES string of the molecule is CC=C[C@@H]1[C@@H](C(=O)OCc2c(Cl)c(F)c(C)c(F)c2Cl)C1(C)C. The van der Waals surface area contributed by atoms with E-state index in [0.717, 1.165) is 0 Å². The largest absolute Gasteiger partial charge is 0.460 e. The van der Waals surface area contributed by atoms with Crippen LogP contribution < -0.4 is 0 Å². The van der Waals surface area contributed by atoms with Gasteiger partial charge in [0.15, 0.2) is 0 Å². The number of benzene rings is 1. The third-order valence-electron chi connectivity index (χ3n) is 4.50. The van der Waals surface area contributed by atoms with Crippen molar-refractivity contribution < 1.29 is 18.3 Å². The summed E-state index contributed by atoms with van der Waals surface area (Å²) in [6, 6.07) is 0. The topological polar surface area (TPSA) is 26.3 Å². The molecule has 2 nitrogen and oxygen atoms in total. The normalized spacial score (nSPS) is 22.4. The van der Waals surface area contributed by atoms with Gasteiger partial charge in [-0.05, 0) is 25.2 Å². The van der Waals surface area contributed by atoms with Crippen LogP contribution in [0.4, 0.5) is 8.78 Å². The Kier molecular flexibility index (Phi) is 5.07. The summed E-state index contributed by atoms with van der Waals surface area (Å²) in [4.78, 5) is 12.2. The first kappa shape index (κ1) is 18.2. The molecule has 0 aromatic heterocycles. The van der Waals surface area contributed by atoms with E-state index >= 15 is 0 Å². The fourth-order valence-electron chi connectivity index (χ4n) is 2.84. The van der Waals surface area contributed by atoms with E-state index in [-0.39, 0.29) is 45.0 Å². The molecule has 2 atom stereocenters. The van der Waals surface area contributed by atoms with Crippen molar-refractivity contribution >= 4 is 29.2 Å². The van der Waals surface area contributed by atoms with Gasteiger partial charge < -0.3 is 4.74 Å². The minimum atomic E-state index is -0.891. The molecule has 23 heavy (non-hydrogen) atoms. The van der Waals surface area contributed by atoms with Crippen molar-refractivity contribution in [3.63, 3.8) is 0 Å². The van der Waals surface area contributed by atoms with Gasteiger partial charge in [0.05, 0.1) is 16.0 Å². The quantitative estimate of drug-likeness (QED) is 0.403. The summed E-state index contributed by atoms with van der Waals surface area (Å²) >= 11 is 11.7. The Hall–Kier alpha value is -1.13. The van der Waals surface area contributed by atoms with Crippen LogP contribution in [0.15, 0.2) is 12.2 Å². The zero-order chi connectivity index (χ0) is 17.5. The van der Waals surface area contributed by atoms with Crippen LogP contribution in [0.25, 0.3) is 0 Å². The molecule has 0 spiro atoms. The molecule has 0 unspecified atom stereocenters. The minimum absolute atomic E-state index is 0.0525. The lowest BCUT2D eigenvalue weighted by Gasteiger charge is -2.12. The summed E-state index contributed by atoms with van der Waals surface area (Å²) in [5, 5.41) is -0.636. The Bertz CT molecular complexity index is 655. The molecule has 0 heterocycles. The smallest absolute Gasteiger partial charge is 0.310 e. The summed E-state index contributed by atoms with van der Waals surface area (Å²) in [5.41, 5.74) is -0.504. The molecular formula is C17H18Cl2F2O2. The van der Waals surface area contributed by atoms with Crippen molar-refractivity contribution in [2.45, 2.75) is 34.3 Å². The maximum absolute atomic E-state index is 13.8. The Morgan fingerprint density at radius 3 is 2.26 bits per heavy atom. The number of carbonyl (C=O) groups excluding carboxylic acids is 1. The van der Waals surface area contributed by atoms with Crippen molar-refractivity contribution in [2.75, 3.05) is 0 Å². The molecule has 1 fully saturated rings. The van der Waals surface area contributed by atoms with Gasteiger partial charge in [0.2, 0.25) is 0 Å². The van der Waals surface area contributed by atoms with Crippen LogP contribution in [0.1, 0.15) is 31.9 Å². The molecule has 0 amide bonds. The van der Waals surface area contributed by atoms with Crippen LogP contribution in [0.3, 0.4) is 0 Å². The molecule has 1 aromatic carbocycles. The molecule has 0 bridgehead atoms. The van der Waals surface area contributed by atoms with Crippen LogP contribution >= 0.6 is 23.2 Å². The fourth-order valence-corrected chi connectivity index (χ4v) is 3.47. The molecule has 1 aromatic rings.